The summed E-state index contributed by atoms with van der Waals surface area (Å²) < 4.78 is 5.59. The predicted octanol–water partition coefficient (Wildman–Crippen LogP) is 1.52. The van der Waals surface area contributed by atoms with Crippen molar-refractivity contribution in [2.24, 2.45) is 11.8 Å². The van der Waals surface area contributed by atoms with Crippen LogP contribution < -0.4 is 9.64 Å². The van der Waals surface area contributed by atoms with Crippen LogP contribution in [0.2, 0.25) is 0 Å². The molecule has 19 heavy (non-hydrogen) atoms. The van der Waals surface area contributed by atoms with E-state index in [0.717, 1.165) is 12.1 Å². The number of hydrogen-bond acceptors (Lipinski definition) is 3. The molecule has 0 spiro atoms. The van der Waals surface area contributed by atoms with Crippen LogP contribution in [0.4, 0.5) is 5.69 Å². The number of ether oxygens (including phenoxy) is 1. The first-order valence-electron chi connectivity index (χ1n) is 6.44. The number of fused-ring (bicyclic) bond motifs is 1. The van der Waals surface area contributed by atoms with E-state index < -0.39 is 11.9 Å². The van der Waals surface area contributed by atoms with Crippen molar-refractivity contribution in [3.05, 3.63) is 24.3 Å². The molecule has 1 aliphatic carbocycles. The number of aliphatic carboxylic acids is 1. The Morgan fingerprint density at radius 3 is 2.79 bits per heavy atom. The Labute approximate surface area is 110 Å². The minimum absolute atomic E-state index is 0.0923. The molecule has 2 unspecified atom stereocenters. The van der Waals surface area contributed by atoms with Gasteiger partial charge in [0.15, 0.2) is 0 Å². The molecule has 1 heterocycles. The van der Waals surface area contributed by atoms with Gasteiger partial charge >= 0.3 is 5.97 Å². The van der Waals surface area contributed by atoms with Crippen LogP contribution in [-0.4, -0.2) is 30.1 Å². The number of para-hydroxylation sites is 2. The van der Waals surface area contributed by atoms with Crippen LogP contribution in [0.5, 0.6) is 5.75 Å². The molecule has 1 amide bonds. The second kappa shape index (κ2) is 4.57. The van der Waals surface area contributed by atoms with Gasteiger partial charge < -0.3 is 14.7 Å². The van der Waals surface area contributed by atoms with E-state index in [9.17, 15) is 9.59 Å². The number of amides is 1. The van der Waals surface area contributed by atoms with Crippen molar-refractivity contribution < 1.29 is 19.4 Å². The molecule has 1 fully saturated rings. The van der Waals surface area contributed by atoms with E-state index in [1.807, 2.05) is 24.3 Å². The van der Waals surface area contributed by atoms with Gasteiger partial charge in [-0.15, -0.1) is 0 Å². The third-order valence-corrected chi connectivity index (χ3v) is 3.63. The fourth-order valence-electron chi connectivity index (χ4n) is 2.50. The van der Waals surface area contributed by atoms with E-state index in [-0.39, 0.29) is 11.8 Å². The molecule has 0 saturated heterocycles. The van der Waals surface area contributed by atoms with E-state index in [4.69, 9.17) is 9.84 Å². The van der Waals surface area contributed by atoms with Gasteiger partial charge in [-0.25, -0.2) is 0 Å². The van der Waals surface area contributed by atoms with E-state index in [2.05, 4.69) is 0 Å². The zero-order chi connectivity index (χ0) is 13.4. The maximum absolute atomic E-state index is 12.4. The van der Waals surface area contributed by atoms with Gasteiger partial charge in [0.05, 0.1) is 24.1 Å². The van der Waals surface area contributed by atoms with Crippen LogP contribution in [0.1, 0.15) is 12.8 Å². The van der Waals surface area contributed by atoms with Gasteiger partial charge in [0.2, 0.25) is 5.91 Å². The first-order valence-corrected chi connectivity index (χ1v) is 6.44. The first kappa shape index (κ1) is 12.0. The number of benzene rings is 1. The lowest BCUT2D eigenvalue weighted by atomic mass is 10.2. The van der Waals surface area contributed by atoms with Gasteiger partial charge in [-0.3, -0.25) is 9.59 Å². The van der Waals surface area contributed by atoms with Crippen molar-refractivity contribution in [1.82, 2.24) is 0 Å². The Bertz CT molecular complexity index is 528. The van der Waals surface area contributed by atoms with Crippen LogP contribution in [0, 0.1) is 11.8 Å². The smallest absolute Gasteiger partial charge is 0.307 e. The molecule has 2 aliphatic rings. The Hall–Kier alpha value is -2.04. The van der Waals surface area contributed by atoms with Crippen LogP contribution in [0.3, 0.4) is 0 Å². The SMILES string of the molecule is O=C(O)C1CC1C(=O)N1CCCOc2ccccc21. The summed E-state index contributed by atoms with van der Waals surface area (Å²) in [4.78, 5) is 25.0. The monoisotopic (exact) mass is 261 g/mol. The molecule has 100 valence electrons. The quantitative estimate of drug-likeness (QED) is 0.876. The summed E-state index contributed by atoms with van der Waals surface area (Å²) in [6, 6.07) is 7.40. The fraction of sp³-hybridized carbons (Fsp3) is 0.429. The summed E-state index contributed by atoms with van der Waals surface area (Å²) >= 11 is 0. The van der Waals surface area contributed by atoms with Gasteiger partial charge in [0, 0.05) is 6.54 Å². The summed E-state index contributed by atoms with van der Waals surface area (Å²) in [7, 11) is 0. The molecule has 1 aromatic rings. The summed E-state index contributed by atoms with van der Waals surface area (Å²) in [5, 5.41) is 8.93. The van der Waals surface area contributed by atoms with E-state index in [1.54, 1.807) is 4.90 Å². The summed E-state index contributed by atoms with van der Waals surface area (Å²) in [6.07, 6.45) is 1.21. The first-order chi connectivity index (χ1) is 9.18. The highest BCUT2D eigenvalue weighted by Crippen LogP contribution is 2.42. The normalized spacial score (nSPS) is 24.9. The minimum atomic E-state index is -0.877. The average molecular weight is 261 g/mol. The lowest BCUT2D eigenvalue weighted by molar-refractivity contribution is -0.140. The second-order valence-electron chi connectivity index (χ2n) is 4.95. The van der Waals surface area contributed by atoms with Gasteiger partial charge in [-0.1, -0.05) is 12.1 Å². The molecule has 1 aliphatic heterocycles. The van der Waals surface area contributed by atoms with Gasteiger partial charge in [-0.05, 0) is 25.0 Å². The molecule has 0 bridgehead atoms. The number of anilines is 1. The number of rotatable bonds is 2. The number of carbonyl (C=O) groups is 2. The molecule has 0 radical (unpaired) electrons. The van der Waals surface area contributed by atoms with Gasteiger partial charge in [-0.2, -0.15) is 0 Å². The highest BCUT2D eigenvalue weighted by molar-refractivity contribution is 6.01. The highest BCUT2D eigenvalue weighted by atomic mass is 16.5. The molecule has 5 nitrogen and oxygen atoms in total. The van der Waals surface area contributed by atoms with E-state index >= 15 is 0 Å². The molecule has 1 N–H and O–H groups in total. The van der Waals surface area contributed by atoms with Crippen LogP contribution >= 0.6 is 0 Å². The number of hydrogen-bond donors (Lipinski definition) is 1. The third-order valence-electron chi connectivity index (χ3n) is 3.63. The molecule has 5 heteroatoms. The van der Waals surface area contributed by atoms with Crippen LogP contribution in [0.25, 0.3) is 0 Å². The second-order valence-corrected chi connectivity index (χ2v) is 4.95. The highest BCUT2D eigenvalue weighted by Gasteiger charge is 2.50. The summed E-state index contributed by atoms with van der Waals surface area (Å²) in [6.45, 7) is 1.16. The Kier molecular flexibility index (Phi) is 2.89. The van der Waals surface area contributed by atoms with Crippen molar-refractivity contribution in [3.8, 4) is 5.75 Å². The van der Waals surface area contributed by atoms with E-state index in [0.29, 0.717) is 25.3 Å². The average Bonchev–Trinajstić information content (AvgIpc) is 3.21. The lowest BCUT2D eigenvalue weighted by Gasteiger charge is -2.21. The third kappa shape index (κ3) is 2.16. The molecule has 1 saturated carbocycles. The number of carbonyl (C=O) groups excluding carboxylic acids is 1. The van der Waals surface area contributed by atoms with Crippen molar-refractivity contribution in [3.63, 3.8) is 0 Å². The molecule has 0 aromatic heterocycles. The molecular weight excluding hydrogens is 246 g/mol. The lowest BCUT2D eigenvalue weighted by Crippen LogP contribution is -2.33. The van der Waals surface area contributed by atoms with Crippen LogP contribution in [-0.2, 0) is 9.59 Å². The molecular formula is C14H15NO4. The maximum atomic E-state index is 12.4. The van der Waals surface area contributed by atoms with Gasteiger partial charge in [0.1, 0.15) is 5.75 Å². The zero-order valence-electron chi connectivity index (χ0n) is 10.4. The maximum Gasteiger partial charge on any atom is 0.307 e. The van der Waals surface area contributed by atoms with Crippen molar-refractivity contribution in [2.75, 3.05) is 18.1 Å². The number of carboxylic acid groups (broad SMARTS) is 1. The summed E-state index contributed by atoms with van der Waals surface area (Å²) in [5.41, 5.74) is 0.751. The minimum Gasteiger partial charge on any atom is -0.491 e. The Morgan fingerprint density at radius 2 is 2.05 bits per heavy atom. The summed E-state index contributed by atoms with van der Waals surface area (Å²) in [5.74, 6) is -1.16. The number of carboxylic acids is 1. The van der Waals surface area contributed by atoms with E-state index in [1.165, 1.54) is 0 Å². The van der Waals surface area contributed by atoms with Crippen LogP contribution in [0.15, 0.2) is 24.3 Å². The van der Waals surface area contributed by atoms with Crippen molar-refractivity contribution >= 4 is 17.6 Å². The predicted molar refractivity (Wildman–Crippen MR) is 68.1 cm³/mol. The molecule has 3 rings (SSSR count). The standard InChI is InChI=1S/C14H15NO4/c16-13(9-8-10(9)14(17)18)15-6-3-7-19-12-5-2-1-4-11(12)15/h1-2,4-5,9-10H,3,6-8H2,(H,17,18). The Morgan fingerprint density at radius 1 is 1.26 bits per heavy atom. The number of nitrogens with zero attached hydrogens (tertiary/aromatic N) is 1. The fourth-order valence-corrected chi connectivity index (χ4v) is 2.50. The largest absolute Gasteiger partial charge is 0.491 e. The topological polar surface area (TPSA) is 66.8 Å². The Balaban J connectivity index is 1.85. The zero-order valence-corrected chi connectivity index (χ0v) is 10.4. The van der Waals surface area contributed by atoms with Crippen molar-refractivity contribution in [1.29, 1.82) is 0 Å². The van der Waals surface area contributed by atoms with Gasteiger partial charge in [0.25, 0.3) is 0 Å². The molecule has 1 aromatic carbocycles. The molecule has 2 atom stereocenters. The van der Waals surface area contributed by atoms with Crippen molar-refractivity contribution in [2.45, 2.75) is 12.8 Å².